The maximum atomic E-state index is 13.2. The van der Waals surface area contributed by atoms with E-state index in [-0.39, 0.29) is 6.03 Å². The quantitative estimate of drug-likeness (QED) is 0.646. The molecule has 1 aromatic heterocycles. The summed E-state index contributed by atoms with van der Waals surface area (Å²) in [7, 11) is 0. The van der Waals surface area contributed by atoms with Crippen molar-refractivity contribution in [3.05, 3.63) is 77.6 Å². The smallest absolute Gasteiger partial charge is 0.330 e. The molecule has 28 heavy (non-hydrogen) atoms. The van der Waals surface area contributed by atoms with E-state index in [9.17, 15) is 4.79 Å². The Hall–Kier alpha value is -3.01. The first-order valence-electron chi connectivity index (χ1n) is 10.1. The number of allylic oxidation sites excluding steroid dienone is 2. The standard InChI is InChI=1S/C24H25N3O/c1-17-23(18-13-15-26-14-7-10-20(26)16-18)21-11-5-6-12-22(21)27(17)24(28)25-19-8-3-2-4-9-19/h2-6,8-9,11-12,16,18H,7,10,13-15H2,1H3,(H,25,28). The van der Waals surface area contributed by atoms with Gasteiger partial charge in [-0.25, -0.2) is 4.79 Å². The molecular formula is C24H25N3O. The van der Waals surface area contributed by atoms with Gasteiger partial charge < -0.3 is 10.2 Å². The van der Waals surface area contributed by atoms with Crippen molar-refractivity contribution >= 4 is 22.6 Å². The first-order valence-corrected chi connectivity index (χ1v) is 10.1. The fraction of sp³-hybridized carbons (Fsp3) is 0.292. The van der Waals surface area contributed by atoms with Gasteiger partial charge in [0.25, 0.3) is 0 Å². The van der Waals surface area contributed by atoms with Gasteiger partial charge in [-0.1, -0.05) is 42.5 Å². The molecule has 2 aliphatic rings. The molecule has 1 saturated heterocycles. The zero-order valence-electron chi connectivity index (χ0n) is 16.2. The minimum absolute atomic E-state index is 0.0999. The van der Waals surface area contributed by atoms with Gasteiger partial charge >= 0.3 is 6.03 Å². The number of carbonyl (C=O) groups is 1. The Balaban J connectivity index is 1.59. The van der Waals surface area contributed by atoms with E-state index < -0.39 is 0 Å². The number of amides is 1. The molecule has 2 aromatic carbocycles. The Bertz CT molecular complexity index is 1060. The van der Waals surface area contributed by atoms with Crippen molar-refractivity contribution in [2.45, 2.75) is 32.1 Å². The molecule has 0 radical (unpaired) electrons. The van der Waals surface area contributed by atoms with Gasteiger partial charge in [0.1, 0.15) is 0 Å². The highest BCUT2D eigenvalue weighted by molar-refractivity contribution is 6.01. The molecule has 1 unspecified atom stereocenters. The average Bonchev–Trinajstić information content (AvgIpc) is 3.29. The number of rotatable bonds is 2. The van der Waals surface area contributed by atoms with Crippen LogP contribution in [0.2, 0.25) is 0 Å². The molecule has 5 rings (SSSR count). The van der Waals surface area contributed by atoms with Gasteiger partial charge in [0.15, 0.2) is 0 Å². The lowest BCUT2D eigenvalue weighted by Crippen LogP contribution is -2.25. The monoisotopic (exact) mass is 371 g/mol. The lowest BCUT2D eigenvalue weighted by Gasteiger charge is -2.29. The second kappa shape index (κ2) is 6.86. The van der Waals surface area contributed by atoms with E-state index in [1.54, 1.807) is 0 Å². The first kappa shape index (κ1) is 17.1. The predicted octanol–water partition coefficient (Wildman–Crippen LogP) is 5.50. The largest absolute Gasteiger partial charge is 0.375 e. The van der Waals surface area contributed by atoms with Crippen LogP contribution in [0.5, 0.6) is 0 Å². The third-order valence-corrected chi connectivity index (χ3v) is 6.13. The fourth-order valence-corrected chi connectivity index (χ4v) is 4.86. The number of carbonyl (C=O) groups excluding carboxylic acids is 1. The highest BCUT2D eigenvalue weighted by Gasteiger charge is 2.29. The number of para-hydroxylation sites is 2. The van der Waals surface area contributed by atoms with Gasteiger partial charge in [-0.15, -0.1) is 0 Å². The van der Waals surface area contributed by atoms with E-state index >= 15 is 0 Å². The summed E-state index contributed by atoms with van der Waals surface area (Å²) in [5, 5.41) is 4.24. The van der Waals surface area contributed by atoms with Gasteiger partial charge in [0, 0.05) is 41.5 Å². The van der Waals surface area contributed by atoms with Crippen molar-refractivity contribution in [3.63, 3.8) is 0 Å². The molecule has 142 valence electrons. The lowest BCUT2D eigenvalue weighted by molar-refractivity contribution is 0.254. The second-order valence-corrected chi connectivity index (χ2v) is 7.79. The van der Waals surface area contributed by atoms with E-state index in [0.29, 0.717) is 5.92 Å². The summed E-state index contributed by atoms with van der Waals surface area (Å²) in [6, 6.07) is 17.8. The van der Waals surface area contributed by atoms with Crippen LogP contribution < -0.4 is 5.32 Å². The molecule has 1 atom stereocenters. The van der Waals surface area contributed by atoms with Crippen molar-refractivity contribution in [1.82, 2.24) is 9.47 Å². The summed E-state index contributed by atoms with van der Waals surface area (Å²) in [4.78, 5) is 15.7. The van der Waals surface area contributed by atoms with Crippen LogP contribution in [0.4, 0.5) is 10.5 Å². The highest BCUT2D eigenvalue weighted by Crippen LogP contribution is 2.39. The number of aromatic nitrogens is 1. The summed E-state index contributed by atoms with van der Waals surface area (Å²) in [6.07, 6.45) is 6.00. The lowest BCUT2D eigenvalue weighted by atomic mass is 9.89. The van der Waals surface area contributed by atoms with Crippen molar-refractivity contribution in [2.75, 3.05) is 18.4 Å². The van der Waals surface area contributed by atoms with E-state index in [4.69, 9.17) is 0 Å². The number of hydrogen-bond acceptors (Lipinski definition) is 2. The number of fused-ring (bicyclic) bond motifs is 2. The molecule has 0 spiro atoms. The van der Waals surface area contributed by atoms with E-state index in [2.05, 4.69) is 35.3 Å². The summed E-state index contributed by atoms with van der Waals surface area (Å²) < 4.78 is 1.84. The van der Waals surface area contributed by atoms with Gasteiger partial charge in [-0.2, -0.15) is 0 Å². The van der Waals surface area contributed by atoms with E-state index in [1.165, 1.54) is 36.0 Å². The third kappa shape index (κ3) is 2.80. The molecule has 0 aliphatic carbocycles. The minimum Gasteiger partial charge on any atom is -0.375 e. The average molecular weight is 371 g/mol. The van der Waals surface area contributed by atoms with Crippen LogP contribution >= 0.6 is 0 Å². The van der Waals surface area contributed by atoms with Gasteiger partial charge in [0.05, 0.1) is 5.52 Å². The third-order valence-electron chi connectivity index (χ3n) is 6.13. The van der Waals surface area contributed by atoms with E-state index in [0.717, 1.165) is 29.9 Å². The van der Waals surface area contributed by atoms with Crippen molar-refractivity contribution in [2.24, 2.45) is 0 Å². The Morgan fingerprint density at radius 3 is 2.68 bits per heavy atom. The number of anilines is 1. The molecule has 4 heteroatoms. The van der Waals surface area contributed by atoms with Gasteiger partial charge in [-0.05, 0) is 49.9 Å². The second-order valence-electron chi connectivity index (χ2n) is 7.79. The van der Waals surface area contributed by atoms with Crippen molar-refractivity contribution in [3.8, 4) is 0 Å². The zero-order chi connectivity index (χ0) is 19.1. The van der Waals surface area contributed by atoms with Crippen LogP contribution in [0.1, 0.15) is 36.4 Å². The Kier molecular flexibility index (Phi) is 4.19. The molecule has 1 N–H and O–H groups in total. The zero-order valence-corrected chi connectivity index (χ0v) is 16.2. The predicted molar refractivity (Wildman–Crippen MR) is 114 cm³/mol. The van der Waals surface area contributed by atoms with Gasteiger partial charge in [-0.3, -0.25) is 4.57 Å². The molecule has 0 bridgehead atoms. The maximum Gasteiger partial charge on any atom is 0.330 e. The molecule has 1 fully saturated rings. The topological polar surface area (TPSA) is 37.3 Å². The Morgan fingerprint density at radius 2 is 1.82 bits per heavy atom. The van der Waals surface area contributed by atoms with Crippen LogP contribution in [0.15, 0.2) is 66.4 Å². The molecule has 3 aromatic rings. The van der Waals surface area contributed by atoms with Crippen LogP contribution in [-0.2, 0) is 0 Å². The van der Waals surface area contributed by atoms with Gasteiger partial charge in [0.2, 0.25) is 0 Å². The molecule has 0 saturated carbocycles. The minimum atomic E-state index is -0.0999. The highest BCUT2D eigenvalue weighted by atomic mass is 16.2. The first-order chi connectivity index (χ1) is 13.7. The van der Waals surface area contributed by atoms with Crippen LogP contribution in [0.25, 0.3) is 10.9 Å². The van der Waals surface area contributed by atoms with E-state index in [1.807, 2.05) is 47.0 Å². The number of benzene rings is 2. The van der Waals surface area contributed by atoms with Crippen molar-refractivity contribution in [1.29, 1.82) is 0 Å². The summed E-state index contributed by atoms with van der Waals surface area (Å²) in [5.41, 5.74) is 5.63. The molecule has 3 heterocycles. The maximum absolute atomic E-state index is 13.2. The molecular weight excluding hydrogens is 346 g/mol. The Morgan fingerprint density at radius 1 is 1.04 bits per heavy atom. The normalized spacial score (nSPS) is 18.8. The summed E-state index contributed by atoms with van der Waals surface area (Å²) >= 11 is 0. The summed E-state index contributed by atoms with van der Waals surface area (Å²) in [5.74, 6) is 0.375. The van der Waals surface area contributed by atoms with Crippen LogP contribution in [0, 0.1) is 6.92 Å². The number of nitrogens with zero attached hydrogens (tertiary/aromatic N) is 2. The fourth-order valence-electron chi connectivity index (χ4n) is 4.86. The molecule has 2 aliphatic heterocycles. The molecule has 4 nitrogen and oxygen atoms in total. The Labute approximate surface area is 165 Å². The van der Waals surface area contributed by atoms with Crippen molar-refractivity contribution < 1.29 is 4.79 Å². The molecule has 1 amide bonds. The van der Waals surface area contributed by atoms with Crippen LogP contribution in [-0.4, -0.2) is 28.6 Å². The number of nitrogens with one attached hydrogen (secondary N) is 1. The number of hydrogen-bond donors (Lipinski definition) is 1. The SMILES string of the molecule is Cc1c(C2C=C3CCCN3CC2)c2ccccc2n1C(=O)Nc1ccccc1. The van der Waals surface area contributed by atoms with Crippen LogP contribution in [0.3, 0.4) is 0 Å². The summed E-state index contributed by atoms with van der Waals surface area (Å²) in [6.45, 7) is 4.39.